The van der Waals surface area contributed by atoms with Crippen molar-refractivity contribution in [1.29, 1.82) is 0 Å². The third kappa shape index (κ3) is 8.42. The number of nitrogens with one attached hydrogen (secondary N) is 2. The molecule has 35 heavy (non-hydrogen) atoms. The van der Waals surface area contributed by atoms with E-state index in [1.807, 2.05) is 5.32 Å². The van der Waals surface area contributed by atoms with Gasteiger partial charge in [-0.2, -0.15) is 26.3 Å². The van der Waals surface area contributed by atoms with Gasteiger partial charge in [-0.15, -0.1) is 0 Å². The van der Waals surface area contributed by atoms with E-state index in [4.69, 9.17) is 0 Å². The lowest BCUT2D eigenvalue weighted by Crippen LogP contribution is -2.36. The lowest BCUT2D eigenvalue weighted by atomic mass is 10.0. The standard InChI is InChI=1S/C12H15FN2O2.C10H7F6NO/c13-10-4-2-9(3-5-10)11-8-14-6-1-7-15(11)12(16)17;11-9(12,13)7-1-6(4-17-5-18)2-8(3-7)10(14,15)16/h2-5,11,14H,1,6-8H2,(H,16,17);1-3,5H,4H2,(H,17,18)/t11-;/m0./s1. The summed E-state index contributed by atoms with van der Waals surface area (Å²) < 4.78 is 87.2. The molecule has 0 spiro atoms. The molecule has 0 unspecified atom stereocenters. The lowest BCUT2D eigenvalue weighted by Gasteiger charge is -2.27. The first-order chi connectivity index (χ1) is 16.3. The van der Waals surface area contributed by atoms with Gasteiger partial charge in [-0.05, 0) is 54.4 Å². The van der Waals surface area contributed by atoms with Crippen molar-refractivity contribution in [2.24, 2.45) is 0 Å². The van der Waals surface area contributed by atoms with Gasteiger partial charge in [-0.3, -0.25) is 9.69 Å². The zero-order chi connectivity index (χ0) is 26.2. The van der Waals surface area contributed by atoms with Gasteiger partial charge in [0.25, 0.3) is 0 Å². The molecule has 1 fully saturated rings. The number of hydrogen-bond donors (Lipinski definition) is 3. The molecule has 6 nitrogen and oxygen atoms in total. The molecule has 0 saturated carbocycles. The molecule has 13 heteroatoms. The molecule has 1 aliphatic heterocycles. The van der Waals surface area contributed by atoms with Crippen LogP contribution in [0, 0.1) is 5.82 Å². The Morgan fingerprint density at radius 1 is 1.06 bits per heavy atom. The van der Waals surface area contributed by atoms with E-state index in [1.54, 1.807) is 12.1 Å². The minimum Gasteiger partial charge on any atom is -0.465 e. The van der Waals surface area contributed by atoms with Crippen molar-refractivity contribution in [3.63, 3.8) is 0 Å². The molecule has 1 saturated heterocycles. The number of carbonyl (C=O) groups excluding carboxylic acids is 1. The zero-order valence-corrected chi connectivity index (χ0v) is 18.1. The molecule has 2 amide bonds. The molecule has 192 valence electrons. The highest BCUT2D eigenvalue weighted by atomic mass is 19.4. The summed E-state index contributed by atoms with van der Waals surface area (Å²) in [4.78, 5) is 22.6. The summed E-state index contributed by atoms with van der Waals surface area (Å²) >= 11 is 0. The molecule has 3 N–H and O–H groups in total. The Bertz CT molecular complexity index is 963. The van der Waals surface area contributed by atoms with Gasteiger partial charge < -0.3 is 15.7 Å². The summed E-state index contributed by atoms with van der Waals surface area (Å²) in [6.45, 7) is 1.47. The molecule has 1 atom stereocenters. The van der Waals surface area contributed by atoms with Crippen LogP contribution in [0.1, 0.15) is 34.7 Å². The number of rotatable bonds is 4. The fourth-order valence-corrected chi connectivity index (χ4v) is 3.37. The van der Waals surface area contributed by atoms with E-state index in [2.05, 4.69) is 5.32 Å². The van der Waals surface area contributed by atoms with Gasteiger partial charge in [0.1, 0.15) is 5.82 Å². The highest BCUT2D eigenvalue weighted by Crippen LogP contribution is 2.36. The summed E-state index contributed by atoms with van der Waals surface area (Å²) in [5, 5.41) is 14.4. The van der Waals surface area contributed by atoms with Gasteiger partial charge in [-0.1, -0.05) is 12.1 Å². The Morgan fingerprint density at radius 2 is 1.63 bits per heavy atom. The van der Waals surface area contributed by atoms with Gasteiger partial charge in [-0.25, -0.2) is 9.18 Å². The Labute approximate surface area is 195 Å². The third-order valence-corrected chi connectivity index (χ3v) is 5.00. The predicted molar refractivity (Wildman–Crippen MR) is 111 cm³/mol. The first kappa shape index (κ1) is 27.9. The highest BCUT2D eigenvalue weighted by Gasteiger charge is 2.36. The van der Waals surface area contributed by atoms with Crippen molar-refractivity contribution < 1.29 is 45.4 Å². The van der Waals surface area contributed by atoms with Gasteiger partial charge in [0, 0.05) is 19.6 Å². The smallest absolute Gasteiger partial charge is 0.416 e. The predicted octanol–water partition coefficient (Wildman–Crippen LogP) is 4.81. The second-order valence-corrected chi connectivity index (χ2v) is 7.51. The largest absolute Gasteiger partial charge is 0.465 e. The first-order valence-electron chi connectivity index (χ1n) is 10.2. The second kappa shape index (κ2) is 11.9. The first-order valence-corrected chi connectivity index (χ1v) is 10.2. The van der Waals surface area contributed by atoms with E-state index in [9.17, 15) is 45.4 Å². The lowest BCUT2D eigenvalue weighted by molar-refractivity contribution is -0.143. The third-order valence-electron chi connectivity index (χ3n) is 5.00. The highest BCUT2D eigenvalue weighted by molar-refractivity contribution is 5.66. The van der Waals surface area contributed by atoms with Crippen LogP contribution in [-0.4, -0.2) is 42.1 Å². The van der Waals surface area contributed by atoms with Crippen molar-refractivity contribution in [2.75, 3.05) is 19.6 Å². The second-order valence-electron chi connectivity index (χ2n) is 7.51. The van der Waals surface area contributed by atoms with Crippen molar-refractivity contribution >= 4 is 12.5 Å². The zero-order valence-electron chi connectivity index (χ0n) is 18.1. The maximum Gasteiger partial charge on any atom is 0.416 e. The summed E-state index contributed by atoms with van der Waals surface area (Å²) in [5.41, 5.74) is -2.26. The number of hydrogen-bond acceptors (Lipinski definition) is 3. The SMILES string of the molecule is O=C(O)N1CCCNC[C@H]1c1ccc(F)cc1.O=CNCc1cc(C(F)(F)F)cc(C(F)(F)F)c1. The molecule has 0 bridgehead atoms. The van der Waals surface area contributed by atoms with Crippen LogP contribution in [0.3, 0.4) is 0 Å². The van der Waals surface area contributed by atoms with Gasteiger partial charge in [0.2, 0.25) is 6.41 Å². The quantitative estimate of drug-likeness (QED) is 0.408. The van der Waals surface area contributed by atoms with Crippen LogP contribution in [0.2, 0.25) is 0 Å². The molecule has 1 heterocycles. The van der Waals surface area contributed by atoms with Gasteiger partial charge in [0.05, 0.1) is 17.2 Å². The Kier molecular flexibility index (Phi) is 9.46. The molecule has 1 aliphatic rings. The van der Waals surface area contributed by atoms with Crippen molar-refractivity contribution in [3.05, 3.63) is 70.5 Å². The topological polar surface area (TPSA) is 81.7 Å². The maximum absolute atomic E-state index is 12.8. The van der Waals surface area contributed by atoms with Crippen molar-refractivity contribution in [1.82, 2.24) is 15.5 Å². The normalized spacial score (nSPS) is 16.5. The fraction of sp³-hybridized carbons (Fsp3) is 0.364. The minimum atomic E-state index is -4.88. The average Bonchev–Trinajstić information content (AvgIpc) is 3.04. The van der Waals surface area contributed by atoms with E-state index in [-0.39, 0.29) is 29.9 Å². The summed E-state index contributed by atoms with van der Waals surface area (Å²) in [7, 11) is 0. The number of amides is 2. The Morgan fingerprint density at radius 3 is 2.11 bits per heavy atom. The number of nitrogens with zero attached hydrogens (tertiary/aromatic N) is 1. The van der Waals surface area contributed by atoms with Crippen LogP contribution >= 0.6 is 0 Å². The summed E-state index contributed by atoms with van der Waals surface area (Å²) in [6.07, 6.45) is -9.70. The van der Waals surface area contributed by atoms with E-state index >= 15 is 0 Å². The van der Waals surface area contributed by atoms with E-state index < -0.39 is 36.1 Å². The van der Waals surface area contributed by atoms with Crippen molar-refractivity contribution in [3.8, 4) is 0 Å². The monoisotopic (exact) mass is 509 g/mol. The Balaban J connectivity index is 0.000000247. The fourth-order valence-electron chi connectivity index (χ4n) is 3.37. The number of carboxylic acid groups (broad SMARTS) is 1. The number of alkyl halides is 6. The molecule has 2 aromatic carbocycles. The molecule has 2 aromatic rings. The van der Waals surface area contributed by atoms with E-state index in [0.717, 1.165) is 18.5 Å². The number of benzene rings is 2. The molecule has 0 radical (unpaired) electrons. The number of carbonyl (C=O) groups is 2. The van der Waals surface area contributed by atoms with Crippen molar-refractivity contribution in [2.45, 2.75) is 31.4 Å². The van der Waals surface area contributed by atoms with Gasteiger partial charge >= 0.3 is 18.4 Å². The van der Waals surface area contributed by atoms with Crippen LogP contribution in [-0.2, 0) is 23.7 Å². The van der Waals surface area contributed by atoms with Crippen LogP contribution in [0.15, 0.2) is 42.5 Å². The molecular formula is C22H22F7N3O3. The molecule has 0 aromatic heterocycles. The van der Waals surface area contributed by atoms with Gasteiger partial charge in [0.15, 0.2) is 0 Å². The summed E-state index contributed by atoms with van der Waals surface area (Å²) in [5.74, 6) is -0.308. The molecular weight excluding hydrogens is 487 g/mol. The number of halogens is 7. The molecule has 0 aliphatic carbocycles. The van der Waals surface area contributed by atoms with Crippen LogP contribution in [0.5, 0.6) is 0 Å². The summed E-state index contributed by atoms with van der Waals surface area (Å²) in [6, 6.07) is 6.92. The maximum atomic E-state index is 12.8. The average molecular weight is 509 g/mol. The van der Waals surface area contributed by atoms with E-state index in [1.165, 1.54) is 17.0 Å². The Hall–Kier alpha value is -3.35. The van der Waals surface area contributed by atoms with E-state index in [0.29, 0.717) is 25.2 Å². The molecule has 3 rings (SSSR count). The minimum absolute atomic E-state index is 0.0322. The van der Waals surface area contributed by atoms with Crippen LogP contribution in [0.25, 0.3) is 0 Å². The van der Waals surface area contributed by atoms with Crippen LogP contribution < -0.4 is 10.6 Å². The van der Waals surface area contributed by atoms with Crippen LogP contribution in [0.4, 0.5) is 35.5 Å².